The van der Waals surface area contributed by atoms with Gasteiger partial charge in [0.05, 0.1) is 13.2 Å². The van der Waals surface area contributed by atoms with Crippen LogP contribution in [0.25, 0.3) is 0 Å². The number of esters is 1. The quantitative estimate of drug-likeness (QED) is 0.816. The van der Waals surface area contributed by atoms with Gasteiger partial charge in [-0.3, -0.25) is 0 Å². The van der Waals surface area contributed by atoms with Crippen LogP contribution in [0.4, 0.5) is 0 Å². The Morgan fingerprint density at radius 2 is 2.19 bits per heavy atom. The minimum Gasteiger partial charge on any atom is -0.467 e. The molecule has 1 heterocycles. The predicted octanol–water partition coefficient (Wildman–Crippen LogP) is 2.18. The van der Waals surface area contributed by atoms with Crippen molar-refractivity contribution in [3.05, 3.63) is 35.9 Å². The van der Waals surface area contributed by atoms with E-state index in [1.165, 1.54) is 7.11 Å². The van der Waals surface area contributed by atoms with Crippen molar-refractivity contribution in [3.8, 4) is 0 Å². The van der Waals surface area contributed by atoms with E-state index in [1.807, 2.05) is 30.3 Å². The van der Waals surface area contributed by atoms with E-state index < -0.39 is 5.54 Å². The predicted molar refractivity (Wildman–Crippen MR) is 85.5 cm³/mol. The maximum atomic E-state index is 12.4. The van der Waals surface area contributed by atoms with Gasteiger partial charge < -0.3 is 14.8 Å². The van der Waals surface area contributed by atoms with E-state index >= 15 is 0 Å². The number of benzene rings is 1. The normalized spacial score (nSPS) is 24.5. The number of thioether (sulfide) groups is 1. The van der Waals surface area contributed by atoms with Crippen LogP contribution in [-0.4, -0.2) is 43.8 Å². The molecule has 1 saturated heterocycles. The second kappa shape index (κ2) is 7.29. The lowest BCUT2D eigenvalue weighted by Crippen LogP contribution is -2.50. The first-order chi connectivity index (χ1) is 10.1. The summed E-state index contributed by atoms with van der Waals surface area (Å²) >= 11 is 1.77. The third-order valence-electron chi connectivity index (χ3n) is 4.05. The Hall–Kier alpha value is -1.04. The van der Waals surface area contributed by atoms with E-state index in [0.29, 0.717) is 11.0 Å². The van der Waals surface area contributed by atoms with Crippen LogP contribution < -0.4 is 5.32 Å². The van der Waals surface area contributed by atoms with E-state index in [2.05, 4.69) is 12.2 Å². The Bertz CT molecular complexity index is 468. The number of methoxy groups -OCH3 is 1. The molecule has 116 valence electrons. The van der Waals surface area contributed by atoms with Gasteiger partial charge in [-0.25, -0.2) is 4.79 Å². The second-order valence-corrected chi connectivity index (χ2v) is 6.45. The molecular weight excluding hydrogens is 286 g/mol. The third-order valence-corrected chi connectivity index (χ3v) is 5.69. The van der Waals surface area contributed by atoms with E-state index in [9.17, 15) is 4.79 Å². The van der Waals surface area contributed by atoms with Crippen LogP contribution in [0.2, 0.25) is 0 Å². The Balaban J connectivity index is 2.21. The zero-order chi connectivity index (χ0) is 15.3. The molecule has 1 fully saturated rings. The molecule has 3 atom stereocenters. The average molecular weight is 309 g/mol. The van der Waals surface area contributed by atoms with Gasteiger partial charge in [0.25, 0.3) is 0 Å². The van der Waals surface area contributed by atoms with Gasteiger partial charge in [-0.05, 0) is 26.0 Å². The minimum absolute atomic E-state index is 0.234. The van der Waals surface area contributed by atoms with Gasteiger partial charge in [-0.1, -0.05) is 30.3 Å². The Morgan fingerprint density at radius 3 is 2.71 bits per heavy atom. The van der Waals surface area contributed by atoms with Gasteiger partial charge in [-0.15, -0.1) is 0 Å². The first-order valence-corrected chi connectivity index (χ1v) is 8.25. The van der Waals surface area contributed by atoms with Crippen LogP contribution in [0.15, 0.2) is 30.3 Å². The first-order valence-electron chi connectivity index (χ1n) is 7.20. The van der Waals surface area contributed by atoms with E-state index in [0.717, 1.165) is 18.6 Å². The zero-order valence-electron chi connectivity index (χ0n) is 12.8. The SMILES string of the molecule is CNC(CSC1CCOC1C)(C(=O)OC)c1ccccc1. The van der Waals surface area contributed by atoms with Crippen LogP contribution >= 0.6 is 11.8 Å². The summed E-state index contributed by atoms with van der Waals surface area (Å²) in [5.74, 6) is 0.369. The summed E-state index contributed by atoms with van der Waals surface area (Å²) in [6, 6.07) is 9.75. The van der Waals surface area contributed by atoms with E-state index in [4.69, 9.17) is 9.47 Å². The average Bonchev–Trinajstić information content (AvgIpc) is 2.94. The van der Waals surface area contributed by atoms with Crippen molar-refractivity contribution in [2.75, 3.05) is 26.5 Å². The molecule has 4 nitrogen and oxygen atoms in total. The van der Waals surface area contributed by atoms with Crippen molar-refractivity contribution in [1.29, 1.82) is 0 Å². The van der Waals surface area contributed by atoms with E-state index in [1.54, 1.807) is 18.8 Å². The molecule has 21 heavy (non-hydrogen) atoms. The van der Waals surface area contributed by atoms with Gasteiger partial charge in [0.1, 0.15) is 0 Å². The Labute approximate surface area is 130 Å². The topological polar surface area (TPSA) is 47.6 Å². The third kappa shape index (κ3) is 3.42. The molecule has 5 heteroatoms. The van der Waals surface area contributed by atoms with Crippen molar-refractivity contribution in [3.63, 3.8) is 0 Å². The molecule has 2 rings (SSSR count). The van der Waals surface area contributed by atoms with Crippen LogP contribution in [0.1, 0.15) is 18.9 Å². The lowest BCUT2D eigenvalue weighted by atomic mass is 9.92. The molecule has 3 unspecified atom stereocenters. The van der Waals surface area contributed by atoms with Gasteiger partial charge in [0.15, 0.2) is 5.54 Å². The molecule has 1 aromatic carbocycles. The number of carbonyl (C=O) groups is 1. The number of ether oxygens (including phenoxy) is 2. The molecule has 0 saturated carbocycles. The van der Waals surface area contributed by atoms with Gasteiger partial charge >= 0.3 is 5.97 Å². The summed E-state index contributed by atoms with van der Waals surface area (Å²) in [6.07, 6.45) is 1.26. The summed E-state index contributed by atoms with van der Waals surface area (Å²) in [4.78, 5) is 12.4. The highest BCUT2D eigenvalue weighted by Gasteiger charge is 2.41. The molecule has 1 N–H and O–H groups in total. The highest BCUT2D eigenvalue weighted by atomic mass is 32.2. The highest BCUT2D eigenvalue weighted by Crippen LogP contribution is 2.33. The first kappa shape index (κ1) is 16.3. The number of hydrogen-bond donors (Lipinski definition) is 1. The van der Waals surface area contributed by atoms with Crippen molar-refractivity contribution < 1.29 is 14.3 Å². The number of carbonyl (C=O) groups excluding carboxylic acids is 1. The number of hydrogen-bond acceptors (Lipinski definition) is 5. The summed E-state index contributed by atoms with van der Waals surface area (Å²) in [7, 11) is 3.24. The summed E-state index contributed by atoms with van der Waals surface area (Å²) in [5, 5.41) is 3.61. The van der Waals surface area contributed by atoms with E-state index in [-0.39, 0.29) is 12.1 Å². The largest absolute Gasteiger partial charge is 0.467 e. The fourth-order valence-electron chi connectivity index (χ4n) is 2.64. The summed E-state index contributed by atoms with van der Waals surface area (Å²) in [5.41, 5.74) is 0.113. The van der Waals surface area contributed by atoms with Crippen LogP contribution in [0.5, 0.6) is 0 Å². The smallest absolute Gasteiger partial charge is 0.331 e. The standard InChI is InChI=1S/C16H23NO3S/c1-12-14(9-10-20-12)21-11-16(17-2,15(18)19-3)13-7-5-4-6-8-13/h4-8,12,14,17H,9-11H2,1-3H3. The number of likely N-dealkylation sites (N-methyl/N-ethyl adjacent to an activating group) is 1. The second-order valence-electron chi connectivity index (χ2n) is 5.23. The number of nitrogens with one attached hydrogen (secondary N) is 1. The highest BCUT2D eigenvalue weighted by molar-refractivity contribution is 8.00. The van der Waals surface area contributed by atoms with Crippen molar-refractivity contribution in [2.24, 2.45) is 0 Å². The van der Waals surface area contributed by atoms with Gasteiger partial charge in [-0.2, -0.15) is 11.8 Å². The molecule has 1 aliphatic heterocycles. The Morgan fingerprint density at radius 1 is 1.48 bits per heavy atom. The molecule has 0 radical (unpaired) electrons. The molecule has 0 aliphatic carbocycles. The van der Waals surface area contributed by atoms with Crippen molar-refractivity contribution >= 4 is 17.7 Å². The zero-order valence-corrected chi connectivity index (χ0v) is 13.6. The number of rotatable bonds is 6. The molecule has 0 aromatic heterocycles. The summed E-state index contributed by atoms with van der Waals surface area (Å²) in [6.45, 7) is 2.89. The molecule has 0 bridgehead atoms. The maximum absolute atomic E-state index is 12.4. The Kier molecular flexibility index (Phi) is 5.67. The lowest BCUT2D eigenvalue weighted by Gasteiger charge is -2.32. The van der Waals surface area contributed by atoms with Gasteiger partial charge in [0.2, 0.25) is 0 Å². The van der Waals surface area contributed by atoms with Crippen molar-refractivity contribution in [2.45, 2.75) is 30.2 Å². The molecule has 1 aliphatic rings. The molecule has 0 spiro atoms. The fraction of sp³-hybridized carbons (Fsp3) is 0.562. The van der Waals surface area contributed by atoms with Gasteiger partial charge in [0, 0.05) is 17.6 Å². The van der Waals surface area contributed by atoms with Crippen LogP contribution in [-0.2, 0) is 19.8 Å². The summed E-state index contributed by atoms with van der Waals surface area (Å²) < 4.78 is 10.7. The monoisotopic (exact) mass is 309 g/mol. The molecular formula is C16H23NO3S. The minimum atomic E-state index is -0.816. The van der Waals surface area contributed by atoms with Crippen LogP contribution in [0.3, 0.4) is 0 Å². The van der Waals surface area contributed by atoms with Crippen LogP contribution in [0, 0.1) is 0 Å². The fourth-order valence-corrected chi connectivity index (χ4v) is 4.14. The molecule has 1 aromatic rings. The maximum Gasteiger partial charge on any atom is 0.331 e. The van der Waals surface area contributed by atoms with Crippen molar-refractivity contribution in [1.82, 2.24) is 5.32 Å². The lowest BCUT2D eigenvalue weighted by molar-refractivity contribution is -0.147. The molecule has 0 amide bonds.